The second-order valence-corrected chi connectivity index (χ2v) is 8.57. The SMILES string of the molecule is O=C(OCC(=O)N1CCCCCC1)c1ccc(N2C(=O)c3cccc4cccc(c34)C2=O)cc1. The van der Waals surface area contributed by atoms with E-state index in [4.69, 9.17) is 4.74 Å². The molecule has 0 saturated carbocycles. The summed E-state index contributed by atoms with van der Waals surface area (Å²) in [5.74, 6) is -1.63. The largest absolute Gasteiger partial charge is 0.452 e. The summed E-state index contributed by atoms with van der Waals surface area (Å²) < 4.78 is 5.22. The summed E-state index contributed by atoms with van der Waals surface area (Å²) in [6, 6.07) is 16.8. The molecule has 3 aromatic rings. The van der Waals surface area contributed by atoms with E-state index >= 15 is 0 Å². The molecule has 0 spiro atoms. The number of benzene rings is 3. The molecule has 7 nitrogen and oxygen atoms in total. The van der Waals surface area contributed by atoms with Gasteiger partial charge in [-0.25, -0.2) is 9.69 Å². The Labute approximate surface area is 196 Å². The van der Waals surface area contributed by atoms with Gasteiger partial charge in [-0.1, -0.05) is 37.1 Å². The zero-order valence-corrected chi connectivity index (χ0v) is 18.7. The topological polar surface area (TPSA) is 84.0 Å². The minimum Gasteiger partial charge on any atom is -0.452 e. The Bertz CT molecular complexity index is 1240. The van der Waals surface area contributed by atoms with Gasteiger partial charge in [0.05, 0.1) is 11.3 Å². The zero-order valence-electron chi connectivity index (χ0n) is 18.7. The highest BCUT2D eigenvalue weighted by atomic mass is 16.5. The lowest BCUT2D eigenvalue weighted by Crippen LogP contribution is -2.40. The van der Waals surface area contributed by atoms with Gasteiger partial charge in [-0.15, -0.1) is 0 Å². The van der Waals surface area contributed by atoms with Crippen LogP contribution in [0.1, 0.15) is 56.8 Å². The molecular formula is C27H24N2O5. The summed E-state index contributed by atoms with van der Waals surface area (Å²) >= 11 is 0. The van der Waals surface area contributed by atoms with Crippen molar-refractivity contribution < 1.29 is 23.9 Å². The van der Waals surface area contributed by atoms with Crippen LogP contribution in [0, 0.1) is 0 Å². The van der Waals surface area contributed by atoms with Crippen LogP contribution in [0.25, 0.3) is 10.8 Å². The van der Waals surface area contributed by atoms with Crippen molar-refractivity contribution in [2.24, 2.45) is 0 Å². The molecule has 2 aliphatic rings. The summed E-state index contributed by atoms with van der Waals surface area (Å²) in [6.07, 6.45) is 4.15. The van der Waals surface area contributed by atoms with Crippen molar-refractivity contribution in [3.8, 4) is 0 Å². The van der Waals surface area contributed by atoms with Crippen molar-refractivity contribution in [1.82, 2.24) is 4.90 Å². The van der Waals surface area contributed by atoms with Crippen LogP contribution in [-0.2, 0) is 9.53 Å². The first-order valence-corrected chi connectivity index (χ1v) is 11.5. The monoisotopic (exact) mass is 456 g/mol. The maximum Gasteiger partial charge on any atom is 0.338 e. The normalized spacial score (nSPS) is 15.9. The number of carbonyl (C=O) groups excluding carboxylic acids is 4. The second kappa shape index (κ2) is 9.09. The van der Waals surface area contributed by atoms with Gasteiger partial charge in [-0.3, -0.25) is 14.4 Å². The number of carbonyl (C=O) groups is 4. The fourth-order valence-corrected chi connectivity index (χ4v) is 4.63. The van der Waals surface area contributed by atoms with Gasteiger partial charge in [0.25, 0.3) is 17.7 Å². The third-order valence-corrected chi connectivity index (χ3v) is 6.42. The van der Waals surface area contributed by atoms with E-state index < -0.39 is 17.8 Å². The molecule has 172 valence electrons. The lowest BCUT2D eigenvalue weighted by molar-refractivity contribution is -0.134. The van der Waals surface area contributed by atoms with E-state index in [1.807, 2.05) is 12.1 Å². The summed E-state index contributed by atoms with van der Waals surface area (Å²) in [7, 11) is 0. The Morgan fingerprint density at radius 2 is 1.35 bits per heavy atom. The highest BCUT2D eigenvalue weighted by molar-refractivity contribution is 6.35. The predicted octanol–water partition coefficient (Wildman–Crippen LogP) is 4.20. The second-order valence-electron chi connectivity index (χ2n) is 8.57. The Morgan fingerprint density at radius 1 is 0.765 bits per heavy atom. The van der Waals surface area contributed by atoms with Gasteiger partial charge in [0.2, 0.25) is 0 Å². The molecule has 2 heterocycles. The molecule has 3 amide bonds. The quantitative estimate of drug-likeness (QED) is 0.434. The van der Waals surface area contributed by atoms with E-state index in [-0.39, 0.29) is 18.1 Å². The van der Waals surface area contributed by atoms with E-state index in [1.54, 1.807) is 29.2 Å². The standard InChI is InChI=1S/C27H24N2O5/c30-23(28-15-3-1-2-4-16-28)17-34-27(33)19-11-13-20(14-12-19)29-25(31)21-9-5-7-18-8-6-10-22(24(18)21)26(29)32/h5-14H,1-4,15-17H2. The number of anilines is 1. The van der Waals surface area contributed by atoms with E-state index in [0.29, 0.717) is 35.3 Å². The minimum atomic E-state index is -0.624. The average molecular weight is 456 g/mol. The van der Waals surface area contributed by atoms with Gasteiger partial charge in [0.1, 0.15) is 0 Å². The van der Waals surface area contributed by atoms with Crippen LogP contribution in [-0.4, -0.2) is 48.3 Å². The number of amides is 3. The summed E-state index contributed by atoms with van der Waals surface area (Å²) in [5.41, 5.74) is 1.52. The van der Waals surface area contributed by atoms with Gasteiger partial charge in [0, 0.05) is 29.6 Å². The average Bonchev–Trinajstić information content (AvgIpc) is 3.16. The highest BCUT2D eigenvalue weighted by Gasteiger charge is 2.33. The number of ether oxygens (including phenoxy) is 1. The molecule has 0 bridgehead atoms. The molecule has 0 unspecified atom stereocenters. The van der Waals surface area contributed by atoms with Gasteiger partial charge in [-0.05, 0) is 54.6 Å². The molecule has 0 aromatic heterocycles. The van der Waals surface area contributed by atoms with Crippen molar-refractivity contribution in [1.29, 1.82) is 0 Å². The van der Waals surface area contributed by atoms with Crippen LogP contribution in [0.15, 0.2) is 60.7 Å². The minimum absolute atomic E-state index is 0.191. The fraction of sp³-hybridized carbons (Fsp3) is 0.259. The van der Waals surface area contributed by atoms with E-state index in [2.05, 4.69) is 0 Å². The first-order chi connectivity index (χ1) is 16.5. The summed E-state index contributed by atoms with van der Waals surface area (Å²) in [4.78, 5) is 54.0. The first-order valence-electron chi connectivity index (χ1n) is 11.5. The van der Waals surface area contributed by atoms with Gasteiger partial charge in [0.15, 0.2) is 6.61 Å². The van der Waals surface area contributed by atoms with Crippen LogP contribution < -0.4 is 4.90 Å². The van der Waals surface area contributed by atoms with Gasteiger partial charge >= 0.3 is 5.97 Å². The predicted molar refractivity (Wildman–Crippen MR) is 127 cm³/mol. The summed E-state index contributed by atoms with van der Waals surface area (Å²) in [5, 5.41) is 1.50. The third kappa shape index (κ3) is 3.94. The van der Waals surface area contributed by atoms with Crippen LogP contribution in [0.2, 0.25) is 0 Å². The number of nitrogens with zero attached hydrogens (tertiary/aromatic N) is 2. The number of imide groups is 1. The van der Waals surface area contributed by atoms with Crippen molar-refractivity contribution in [3.63, 3.8) is 0 Å². The van der Waals surface area contributed by atoms with Gasteiger partial charge in [-0.2, -0.15) is 0 Å². The first kappa shape index (κ1) is 21.8. The fourth-order valence-electron chi connectivity index (χ4n) is 4.63. The van der Waals surface area contributed by atoms with Crippen LogP contribution in [0.3, 0.4) is 0 Å². The number of rotatable bonds is 4. The third-order valence-electron chi connectivity index (χ3n) is 6.42. The molecular weight excluding hydrogens is 432 g/mol. The Kier molecular flexibility index (Phi) is 5.84. The smallest absolute Gasteiger partial charge is 0.338 e. The van der Waals surface area contributed by atoms with Crippen molar-refractivity contribution in [2.75, 3.05) is 24.6 Å². The molecule has 7 heteroatoms. The molecule has 0 aliphatic carbocycles. The molecule has 0 N–H and O–H groups in total. The van der Waals surface area contributed by atoms with Crippen molar-refractivity contribution in [3.05, 3.63) is 77.4 Å². The van der Waals surface area contributed by atoms with Crippen molar-refractivity contribution >= 4 is 40.2 Å². The number of likely N-dealkylation sites (tertiary alicyclic amines) is 1. The highest BCUT2D eigenvalue weighted by Crippen LogP contribution is 2.32. The molecule has 3 aromatic carbocycles. The maximum absolute atomic E-state index is 13.2. The Hall–Kier alpha value is -4.00. The van der Waals surface area contributed by atoms with Gasteiger partial charge < -0.3 is 9.64 Å². The number of hydrogen-bond acceptors (Lipinski definition) is 5. The zero-order chi connectivity index (χ0) is 23.7. The molecule has 0 radical (unpaired) electrons. The lowest BCUT2D eigenvalue weighted by atomic mass is 9.94. The maximum atomic E-state index is 13.2. The Balaban J connectivity index is 1.30. The summed E-state index contributed by atoms with van der Waals surface area (Å²) in [6.45, 7) is 1.09. The van der Waals surface area contributed by atoms with Crippen molar-refractivity contribution in [2.45, 2.75) is 25.7 Å². The molecule has 0 atom stereocenters. The molecule has 1 saturated heterocycles. The molecule has 5 rings (SSSR count). The van der Waals surface area contributed by atoms with Crippen LogP contribution in [0.4, 0.5) is 5.69 Å². The number of hydrogen-bond donors (Lipinski definition) is 0. The molecule has 34 heavy (non-hydrogen) atoms. The van der Waals surface area contributed by atoms with Crippen LogP contribution in [0.5, 0.6) is 0 Å². The van der Waals surface area contributed by atoms with E-state index in [9.17, 15) is 19.2 Å². The molecule has 2 aliphatic heterocycles. The molecule has 1 fully saturated rings. The Morgan fingerprint density at radius 3 is 1.94 bits per heavy atom. The lowest BCUT2D eigenvalue weighted by Gasteiger charge is -2.27. The van der Waals surface area contributed by atoms with E-state index in [0.717, 1.165) is 36.0 Å². The van der Waals surface area contributed by atoms with E-state index in [1.165, 1.54) is 24.3 Å². The van der Waals surface area contributed by atoms with Crippen LogP contribution >= 0.6 is 0 Å². The number of esters is 1.